The molecule has 2 aliphatic rings. The molecule has 0 spiro atoms. The Bertz CT molecular complexity index is 856. The number of aromatic nitrogens is 2. The van der Waals surface area contributed by atoms with E-state index in [1.54, 1.807) is 7.11 Å². The zero-order valence-corrected chi connectivity index (χ0v) is 15.7. The molecular formula is C19H24F2N6O. The maximum Gasteiger partial charge on any atom is 0.266 e. The summed E-state index contributed by atoms with van der Waals surface area (Å²) in [5, 5.41) is 1.45. The predicted octanol–water partition coefficient (Wildman–Crippen LogP) is 2.67. The van der Waals surface area contributed by atoms with Gasteiger partial charge >= 0.3 is 0 Å². The maximum absolute atomic E-state index is 13.7. The fourth-order valence-electron chi connectivity index (χ4n) is 3.37. The van der Waals surface area contributed by atoms with Crippen LogP contribution in [-0.2, 0) is 6.54 Å². The Morgan fingerprint density at radius 1 is 1.25 bits per heavy atom. The highest BCUT2D eigenvalue weighted by Crippen LogP contribution is 2.42. The Morgan fingerprint density at radius 3 is 2.54 bits per heavy atom. The van der Waals surface area contributed by atoms with Crippen molar-refractivity contribution >= 4 is 17.3 Å². The Balaban J connectivity index is 1.63. The topological polar surface area (TPSA) is 93.5 Å². The molecule has 1 aromatic heterocycles. The normalized spacial score (nSPS) is 18.4. The van der Waals surface area contributed by atoms with E-state index in [2.05, 4.69) is 9.97 Å². The van der Waals surface area contributed by atoms with Gasteiger partial charge in [-0.1, -0.05) is 12.1 Å². The van der Waals surface area contributed by atoms with Gasteiger partial charge in [0.25, 0.3) is 5.92 Å². The number of nitrogens with two attached hydrogens (primary N) is 2. The number of rotatable bonds is 6. The third-order valence-corrected chi connectivity index (χ3v) is 5.12. The Hall–Kier alpha value is -2.68. The summed E-state index contributed by atoms with van der Waals surface area (Å²) in [7, 11) is 1.61. The predicted molar refractivity (Wildman–Crippen MR) is 104 cm³/mol. The lowest BCUT2D eigenvalue weighted by atomic mass is 10.2. The molecule has 7 nitrogen and oxygen atoms in total. The van der Waals surface area contributed by atoms with Crippen LogP contribution < -0.4 is 26.2 Å². The second-order valence-electron chi connectivity index (χ2n) is 7.42. The lowest BCUT2D eigenvalue weighted by Gasteiger charge is -2.25. The summed E-state index contributed by atoms with van der Waals surface area (Å²) in [6.45, 7) is 0.187. The number of benzene rings is 1. The third kappa shape index (κ3) is 3.80. The first kappa shape index (κ1) is 18.7. The Labute approximate surface area is 162 Å². The molecule has 28 heavy (non-hydrogen) atoms. The van der Waals surface area contributed by atoms with Crippen molar-refractivity contribution in [3.8, 4) is 5.75 Å². The van der Waals surface area contributed by atoms with Gasteiger partial charge < -0.3 is 15.4 Å². The molecular weight excluding hydrogens is 366 g/mol. The van der Waals surface area contributed by atoms with Crippen LogP contribution in [0, 0.1) is 0 Å². The first-order chi connectivity index (χ1) is 13.4. The molecule has 1 aromatic carbocycles. The first-order valence-electron chi connectivity index (χ1n) is 9.31. The molecule has 4 N–H and O–H groups in total. The van der Waals surface area contributed by atoms with Crippen LogP contribution in [0.25, 0.3) is 0 Å². The largest absolute Gasteiger partial charge is 0.497 e. The Kier molecular flexibility index (Phi) is 4.70. The van der Waals surface area contributed by atoms with Crippen LogP contribution in [0.4, 0.5) is 26.1 Å². The lowest BCUT2D eigenvalue weighted by molar-refractivity contribution is 0.0257. The highest BCUT2D eigenvalue weighted by Gasteiger charge is 2.40. The van der Waals surface area contributed by atoms with Crippen LogP contribution in [0.5, 0.6) is 5.75 Å². The van der Waals surface area contributed by atoms with E-state index in [0.717, 1.165) is 24.2 Å². The van der Waals surface area contributed by atoms with E-state index in [1.165, 1.54) is 9.91 Å². The highest BCUT2D eigenvalue weighted by atomic mass is 19.3. The number of hydrogen-bond donors (Lipinski definition) is 2. The van der Waals surface area contributed by atoms with Crippen LogP contribution in [0.2, 0.25) is 0 Å². The van der Waals surface area contributed by atoms with Crippen molar-refractivity contribution in [2.45, 2.75) is 37.6 Å². The van der Waals surface area contributed by atoms with Gasteiger partial charge in [0.1, 0.15) is 17.3 Å². The van der Waals surface area contributed by atoms with Crippen molar-refractivity contribution in [1.29, 1.82) is 0 Å². The summed E-state index contributed by atoms with van der Waals surface area (Å²) < 4.78 is 32.6. The molecule has 1 saturated carbocycles. The van der Waals surface area contributed by atoms with Crippen molar-refractivity contribution in [3.05, 3.63) is 35.7 Å². The molecule has 2 aromatic rings. The van der Waals surface area contributed by atoms with Gasteiger partial charge in [-0.2, -0.15) is 0 Å². The molecule has 0 radical (unpaired) electrons. The molecule has 0 amide bonds. The highest BCUT2D eigenvalue weighted by molar-refractivity contribution is 5.76. The van der Waals surface area contributed by atoms with Gasteiger partial charge in [-0.05, 0) is 30.5 Å². The quantitative estimate of drug-likeness (QED) is 0.578. The number of nitrogen functional groups attached to an aromatic ring is 1. The summed E-state index contributed by atoms with van der Waals surface area (Å²) >= 11 is 0. The number of hydrazine groups is 1. The van der Waals surface area contributed by atoms with Crippen LogP contribution >= 0.6 is 0 Å². The van der Waals surface area contributed by atoms with Gasteiger partial charge in [0.15, 0.2) is 11.6 Å². The standard InChI is InChI=1S/C19H24F2N6O/c1-28-14-6-2-12(3-7-14)10-27(23)18-15(22)17(24-16(25-18)13-4-5-13)26-9-8-19(20,21)11-26/h2-3,6-7,13H,4-5,8-11,22-23H2,1H3. The second kappa shape index (κ2) is 7.05. The molecule has 9 heteroatoms. The van der Waals surface area contributed by atoms with E-state index in [-0.39, 0.29) is 31.1 Å². The number of anilines is 3. The minimum atomic E-state index is -2.73. The van der Waals surface area contributed by atoms with Crippen molar-refractivity contribution in [3.63, 3.8) is 0 Å². The van der Waals surface area contributed by atoms with E-state index >= 15 is 0 Å². The second-order valence-corrected chi connectivity index (χ2v) is 7.42. The smallest absolute Gasteiger partial charge is 0.266 e. The average molecular weight is 390 g/mol. The van der Waals surface area contributed by atoms with E-state index in [4.69, 9.17) is 16.3 Å². The minimum absolute atomic E-state index is 0.206. The van der Waals surface area contributed by atoms with Crippen molar-refractivity contribution in [1.82, 2.24) is 9.97 Å². The SMILES string of the molecule is COc1ccc(CN(N)c2nc(C3CC3)nc(N3CCC(F)(F)C3)c2N)cc1. The zero-order chi connectivity index (χ0) is 19.9. The summed E-state index contributed by atoms with van der Waals surface area (Å²) in [5.74, 6) is 5.89. The van der Waals surface area contributed by atoms with Crippen LogP contribution in [-0.4, -0.2) is 36.1 Å². The van der Waals surface area contributed by atoms with Gasteiger partial charge in [-0.15, -0.1) is 0 Å². The molecule has 4 rings (SSSR count). The summed E-state index contributed by atoms with van der Waals surface area (Å²) in [4.78, 5) is 10.6. The number of methoxy groups -OCH3 is 1. The minimum Gasteiger partial charge on any atom is -0.497 e. The maximum atomic E-state index is 13.7. The number of nitrogens with zero attached hydrogens (tertiary/aromatic N) is 4. The molecule has 0 atom stereocenters. The fraction of sp³-hybridized carbons (Fsp3) is 0.474. The average Bonchev–Trinajstić information content (AvgIpc) is 3.45. The van der Waals surface area contributed by atoms with E-state index in [0.29, 0.717) is 24.0 Å². The number of halogens is 2. The molecule has 150 valence electrons. The van der Waals surface area contributed by atoms with Gasteiger partial charge in [0.05, 0.1) is 20.2 Å². The van der Waals surface area contributed by atoms with E-state index < -0.39 is 5.92 Å². The molecule has 1 aliphatic heterocycles. The monoisotopic (exact) mass is 390 g/mol. The molecule has 1 aliphatic carbocycles. The summed E-state index contributed by atoms with van der Waals surface area (Å²) in [6.07, 6.45) is 1.77. The van der Waals surface area contributed by atoms with Crippen LogP contribution in [0.3, 0.4) is 0 Å². The number of ether oxygens (including phenoxy) is 1. The van der Waals surface area contributed by atoms with Crippen molar-refractivity contribution < 1.29 is 13.5 Å². The zero-order valence-electron chi connectivity index (χ0n) is 15.7. The molecule has 1 saturated heterocycles. The van der Waals surface area contributed by atoms with Gasteiger partial charge in [0.2, 0.25) is 0 Å². The first-order valence-corrected chi connectivity index (χ1v) is 9.31. The summed E-state index contributed by atoms with van der Waals surface area (Å²) in [5.41, 5.74) is 7.47. The van der Waals surface area contributed by atoms with Crippen LogP contribution in [0.15, 0.2) is 24.3 Å². The molecule has 2 fully saturated rings. The van der Waals surface area contributed by atoms with Crippen molar-refractivity contribution in [2.75, 3.05) is 35.8 Å². The van der Waals surface area contributed by atoms with Crippen LogP contribution in [0.1, 0.15) is 36.6 Å². The fourth-order valence-corrected chi connectivity index (χ4v) is 3.37. The van der Waals surface area contributed by atoms with Gasteiger partial charge in [-0.25, -0.2) is 24.6 Å². The van der Waals surface area contributed by atoms with E-state index in [9.17, 15) is 8.78 Å². The molecule has 2 heterocycles. The Morgan fingerprint density at radius 2 is 1.96 bits per heavy atom. The van der Waals surface area contributed by atoms with Gasteiger partial charge in [-0.3, -0.25) is 5.01 Å². The third-order valence-electron chi connectivity index (χ3n) is 5.12. The molecule has 0 unspecified atom stereocenters. The lowest BCUT2D eigenvalue weighted by Crippen LogP contribution is -2.33. The number of alkyl halides is 2. The van der Waals surface area contributed by atoms with Crippen molar-refractivity contribution in [2.24, 2.45) is 5.84 Å². The van der Waals surface area contributed by atoms with Gasteiger partial charge in [0, 0.05) is 18.9 Å². The van der Waals surface area contributed by atoms with E-state index in [1.807, 2.05) is 24.3 Å². The molecule has 0 bridgehead atoms. The number of hydrogen-bond acceptors (Lipinski definition) is 7. The summed E-state index contributed by atoms with van der Waals surface area (Å²) in [6, 6.07) is 7.50.